The molecule has 0 aliphatic carbocycles. The predicted octanol–water partition coefficient (Wildman–Crippen LogP) is 3.39. The van der Waals surface area contributed by atoms with Gasteiger partial charge in [-0.3, -0.25) is 4.99 Å². The standard InChI is InChI=1S/C21H36N4O4/c1-6-22-19(23-12-8-13-24-20(26)29-21(2,3)4)25-17-10-7-11-18(16-17)28-15-9-14-27-5/h7,10-11,16H,6,8-9,12-15H2,1-5H3,(H,24,26)(H2,22,23,25). The zero-order chi connectivity index (χ0) is 21.5. The molecule has 29 heavy (non-hydrogen) atoms. The van der Waals surface area contributed by atoms with Crippen molar-refractivity contribution < 1.29 is 19.0 Å². The molecule has 0 aliphatic rings. The molecule has 1 rings (SSSR count). The van der Waals surface area contributed by atoms with Gasteiger partial charge in [-0.25, -0.2) is 4.79 Å². The van der Waals surface area contributed by atoms with E-state index in [2.05, 4.69) is 20.9 Å². The Morgan fingerprint density at radius 2 is 1.93 bits per heavy atom. The first kappa shape index (κ1) is 24.6. The lowest BCUT2D eigenvalue weighted by Crippen LogP contribution is -2.33. The zero-order valence-corrected chi connectivity index (χ0v) is 18.3. The van der Waals surface area contributed by atoms with Crippen LogP contribution in [0.4, 0.5) is 10.5 Å². The maximum Gasteiger partial charge on any atom is 0.407 e. The molecule has 0 aliphatic heterocycles. The van der Waals surface area contributed by atoms with E-state index in [1.165, 1.54) is 0 Å². The third-order valence-electron chi connectivity index (χ3n) is 3.48. The molecule has 0 radical (unpaired) electrons. The van der Waals surface area contributed by atoms with E-state index in [1.54, 1.807) is 7.11 Å². The third-order valence-corrected chi connectivity index (χ3v) is 3.48. The highest BCUT2D eigenvalue weighted by Crippen LogP contribution is 2.17. The number of anilines is 1. The maximum absolute atomic E-state index is 11.6. The van der Waals surface area contributed by atoms with Gasteiger partial charge in [-0.1, -0.05) is 6.07 Å². The number of amides is 1. The van der Waals surface area contributed by atoms with Crippen LogP contribution in [-0.4, -0.2) is 57.6 Å². The summed E-state index contributed by atoms with van der Waals surface area (Å²) in [4.78, 5) is 16.2. The molecule has 164 valence electrons. The Hall–Kier alpha value is -2.48. The highest BCUT2D eigenvalue weighted by atomic mass is 16.6. The molecular weight excluding hydrogens is 372 g/mol. The number of hydrogen-bond acceptors (Lipinski definition) is 5. The van der Waals surface area contributed by atoms with E-state index in [0.29, 0.717) is 38.7 Å². The monoisotopic (exact) mass is 408 g/mol. The third kappa shape index (κ3) is 12.6. The van der Waals surface area contributed by atoms with E-state index in [1.807, 2.05) is 52.0 Å². The van der Waals surface area contributed by atoms with Crippen LogP contribution in [0.2, 0.25) is 0 Å². The van der Waals surface area contributed by atoms with Crippen LogP contribution in [0.25, 0.3) is 0 Å². The van der Waals surface area contributed by atoms with Crippen LogP contribution in [0.3, 0.4) is 0 Å². The van der Waals surface area contributed by atoms with Gasteiger partial charge in [0.15, 0.2) is 5.96 Å². The Bertz CT molecular complexity index is 629. The lowest BCUT2D eigenvalue weighted by Gasteiger charge is -2.19. The van der Waals surface area contributed by atoms with E-state index in [0.717, 1.165) is 24.4 Å². The molecule has 0 fully saturated rings. The van der Waals surface area contributed by atoms with Gasteiger partial charge in [-0.15, -0.1) is 0 Å². The van der Waals surface area contributed by atoms with E-state index in [-0.39, 0.29) is 0 Å². The van der Waals surface area contributed by atoms with Crippen LogP contribution in [-0.2, 0) is 9.47 Å². The Labute approximate surface area is 174 Å². The molecule has 0 spiro atoms. The summed E-state index contributed by atoms with van der Waals surface area (Å²) in [5, 5.41) is 9.22. The second-order valence-electron chi connectivity index (χ2n) is 7.39. The van der Waals surface area contributed by atoms with Gasteiger partial charge in [0.2, 0.25) is 0 Å². The first-order valence-electron chi connectivity index (χ1n) is 10.1. The zero-order valence-electron chi connectivity index (χ0n) is 18.3. The van der Waals surface area contributed by atoms with Crippen molar-refractivity contribution in [3.8, 4) is 5.75 Å². The van der Waals surface area contributed by atoms with Gasteiger partial charge in [0.05, 0.1) is 6.61 Å². The van der Waals surface area contributed by atoms with Crippen molar-refractivity contribution in [1.82, 2.24) is 10.6 Å². The fourth-order valence-corrected chi connectivity index (χ4v) is 2.28. The summed E-state index contributed by atoms with van der Waals surface area (Å²) in [7, 11) is 1.68. The maximum atomic E-state index is 11.6. The number of carbonyl (C=O) groups excluding carboxylic acids is 1. The second-order valence-corrected chi connectivity index (χ2v) is 7.39. The van der Waals surface area contributed by atoms with Crippen LogP contribution >= 0.6 is 0 Å². The second kappa shape index (κ2) is 13.7. The molecule has 3 N–H and O–H groups in total. The van der Waals surface area contributed by atoms with Crippen LogP contribution in [0.15, 0.2) is 29.3 Å². The van der Waals surface area contributed by atoms with Crippen LogP contribution < -0.4 is 20.7 Å². The molecule has 8 heteroatoms. The van der Waals surface area contributed by atoms with E-state index in [4.69, 9.17) is 14.2 Å². The Morgan fingerprint density at radius 3 is 2.62 bits per heavy atom. The van der Waals surface area contributed by atoms with Gasteiger partial charge in [0, 0.05) is 51.5 Å². The number of aliphatic imine (C=N–C) groups is 1. The molecule has 0 unspecified atom stereocenters. The predicted molar refractivity (Wildman–Crippen MR) is 117 cm³/mol. The summed E-state index contributed by atoms with van der Waals surface area (Å²) in [5.41, 5.74) is 0.396. The minimum absolute atomic E-state index is 0.408. The average molecular weight is 409 g/mol. The van der Waals surface area contributed by atoms with Crippen molar-refractivity contribution in [2.45, 2.75) is 46.1 Å². The molecule has 1 aromatic carbocycles. The van der Waals surface area contributed by atoms with Gasteiger partial charge >= 0.3 is 6.09 Å². The highest BCUT2D eigenvalue weighted by molar-refractivity contribution is 5.93. The topological polar surface area (TPSA) is 93.2 Å². The van der Waals surface area contributed by atoms with Gasteiger partial charge in [0.1, 0.15) is 11.4 Å². The van der Waals surface area contributed by atoms with Crippen LogP contribution in [0.1, 0.15) is 40.5 Å². The van der Waals surface area contributed by atoms with Crippen molar-refractivity contribution in [2.75, 3.05) is 45.3 Å². The number of methoxy groups -OCH3 is 1. The van der Waals surface area contributed by atoms with Crippen LogP contribution in [0.5, 0.6) is 5.75 Å². The Balaban J connectivity index is 2.46. The number of nitrogens with one attached hydrogen (secondary N) is 3. The average Bonchev–Trinajstić information content (AvgIpc) is 2.64. The smallest absolute Gasteiger partial charge is 0.407 e. The minimum Gasteiger partial charge on any atom is -0.493 e. The minimum atomic E-state index is -0.494. The fraction of sp³-hybridized carbons (Fsp3) is 0.619. The lowest BCUT2D eigenvalue weighted by molar-refractivity contribution is 0.0527. The molecule has 0 aromatic heterocycles. The largest absolute Gasteiger partial charge is 0.493 e. The number of guanidine groups is 1. The van der Waals surface area contributed by atoms with Crippen LogP contribution in [0, 0.1) is 0 Å². The van der Waals surface area contributed by atoms with Gasteiger partial charge in [-0.2, -0.15) is 0 Å². The summed E-state index contributed by atoms with van der Waals surface area (Å²) < 4.78 is 16.0. The Kier molecular flexibility index (Phi) is 11.6. The number of benzene rings is 1. The van der Waals surface area contributed by atoms with Crippen molar-refractivity contribution >= 4 is 17.7 Å². The number of hydrogen-bond donors (Lipinski definition) is 3. The van der Waals surface area contributed by atoms with Crippen molar-refractivity contribution in [2.24, 2.45) is 4.99 Å². The van der Waals surface area contributed by atoms with E-state index >= 15 is 0 Å². The number of alkyl carbamates (subject to hydrolysis) is 1. The summed E-state index contributed by atoms with van der Waals surface area (Å²) in [6, 6.07) is 7.75. The molecule has 0 saturated heterocycles. The number of carbonyl (C=O) groups is 1. The van der Waals surface area contributed by atoms with Crippen molar-refractivity contribution in [3.05, 3.63) is 24.3 Å². The van der Waals surface area contributed by atoms with Gasteiger partial charge < -0.3 is 30.2 Å². The first-order chi connectivity index (χ1) is 13.8. The van der Waals surface area contributed by atoms with Crippen molar-refractivity contribution in [3.63, 3.8) is 0 Å². The number of rotatable bonds is 11. The van der Waals surface area contributed by atoms with Gasteiger partial charge in [-0.05, 0) is 46.2 Å². The molecule has 0 heterocycles. The summed E-state index contributed by atoms with van der Waals surface area (Å²) in [6.07, 6.45) is 1.14. The van der Waals surface area contributed by atoms with Crippen molar-refractivity contribution in [1.29, 1.82) is 0 Å². The normalized spacial score (nSPS) is 11.7. The molecule has 0 bridgehead atoms. The van der Waals surface area contributed by atoms with Gasteiger partial charge in [0.25, 0.3) is 0 Å². The summed E-state index contributed by atoms with van der Waals surface area (Å²) in [6.45, 7) is 10.6. The van der Waals surface area contributed by atoms with E-state index < -0.39 is 11.7 Å². The number of ether oxygens (including phenoxy) is 3. The molecule has 0 atom stereocenters. The van der Waals surface area contributed by atoms with E-state index in [9.17, 15) is 4.79 Å². The molecular formula is C21H36N4O4. The molecule has 8 nitrogen and oxygen atoms in total. The molecule has 0 saturated carbocycles. The molecule has 1 amide bonds. The number of nitrogens with zero attached hydrogens (tertiary/aromatic N) is 1. The highest BCUT2D eigenvalue weighted by Gasteiger charge is 2.15. The fourth-order valence-electron chi connectivity index (χ4n) is 2.28. The SMILES string of the molecule is CCNC(=NCCCNC(=O)OC(C)(C)C)Nc1cccc(OCCCOC)c1. The summed E-state index contributed by atoms with van der Waals surface area (Å²) >= 11 is 0. The lowest BCUT2D eigenvalue weighted by atomic mass is 10.2. The first-order valence-corrected chi connectivity index (χ1v) is 10.1. The summed E-state index contributed by atoms with van der Waals surface area (Å²) in [5.74, 6) is 1.48. The quantitative estimate of drug-likeness (QED) is 0.295. The molecule has 1 aromatic rings. The Morgan fingerprint density at radius 1 is 1.14 bits per heavy atom.